The van der Waals surface area contributed by atoms with Gasteiger partial charge in [0.25, 0.3) is 0 Å². The van der Waals surface area contributed by atoms with Crippen LogP contribution in [0.15, 0.2) is 36.4 Å². The van der Waals surface area contributed by atoms with Gasteiger partial charge in [0.05, 0.1) is 6.04 Å². The predicted molar refractivity (Wildman–Crippen MR) is 102 cm³/mol. The van der Waals surface area contributed by atoms with Gasteiger partial charge in [0.2, 0.25) is 5.91 Å². The first-order valence-electron chi connectivity index (χ1n) is 8.95. The predicted octanol–water partition coefficient (Wildman–Crippen LogP) is 1.62. The zero-order valence-electron chi connectivity index (χ0n) is 15.4. The summed E-state index contributed by atoms with van der Waals surface area (Å²) >= 11 is 0. The molecule has 26 heavy (non-hydrogen) atoms. The van der Waals surface area contributed by atoms with Gasteiger partial charge in [-0.15, -0.1) is 0 Å². The Bertz CT molecular complexity index is 748. The van der Waals surface area contributed by atoms with E-state index in [0.29, 0.717) is 19.5 Å². The van der Waals surface area contributed by atoms with Crippen LogP contribution in [0.3, 0.4) is 0 Å². The number of nitrogens with zero attached hydrogens (tertiary/aromatic N) is 3. The van der Waals surface area contributed by atoms with E-state index in [1.54, 1.807) is 24.3 Å². The number of pyridine rings is 1. The lowest BCUT2D eigenvalue weighted by Crippen LogP contribution is -2.53. The first-order chi connectivity index (χ1) is 12.4. The molecule has 2 aromatic rings. The minimum absolute atomic E-state index is 0.0141. The summed E-state index contributed by atoms with van der Waals surface area (Å²) in [5, 5.41) is 9.34. The Kier molecular flexibility index (Phi) is 5.42. The molecule has 1 aromatic carbocycles. The highest BCUT2D eigenvalue weighted by atomic mass is 16.3. The highest BCUT2D eigenvalue weighted by molar-refractivity contribution is 5.82. The van der Waals surface area contributed by atoms with Crippen molar-refractivity contribution in [2.75, 3.05) is 31.1 Å². The van der Waals surface area contributed by atoms with Crippen LogP contribution in [0, 0.1) is 13.8 Å². The normalized spacial score (nSPS) is 15.8. The van der Waals surface area contributed by atoms with Crippen LogP contribution in [0.2, 0.25) is 0 Å². The van der Waals surface area contributed by atoms with E-state index in [4.69, 9.17) is 5.73 Å². The molecule has 0 bridgehead atoms. The number of carbonyl (C=O) groups excluding carboxylic acids is 1. The summed E-state index contributed by atoms with van der Waals surface area (Å²) in [5.41, 5.74) is 10.3. The molecule has 6 nitrogen and oxygen atoms in total. The van der Waals surface area contributed by atoms with Crippen molar-refractivity contribution in [2.45, 2.75) is 26.3 Å². The minimum Gasteiger partial charge on any atom is -0.508 e. The molecular formula is C20H26N4O2. The van der Waals surface area contributed by atoms with Crippen LogP contribution in [-0.2, 0) is 11.2 Å². The third-order valence-corrected chi connectivity index (χ3v) is 4.73. The fourth-order valence-electron chi connectivity index (χ4n) is 3.39. The summed E-state index contributed by atoms with van der Waals surface area (Å²) in [6, 6.07) is 10.4. The number of piperazine rings is 1. The summed E-state index contributed by atoms with van der Waals surface area (Å²) in [4.78, 5) is 21.2. The summed E-state index contributed by atoms with van der Waals surface area (Å²) in [6.45, 7) is 6.92. The molecule has 1 aliphatic heterocycles. The fraction of sp³-hybridized carbons (Fsp3) is 0.400. The Hall–Kier alpha value is -2.60. The van der Waals surface area contributed by atoms with Crippen LogP contribution in [0.4, 0.5) is 5.69 Å². The van der Waals surface area contributed by atoms with Gasteiger partial charge in [0.1, 0.15) is 5.75 Å². The molecule has 1 fully saturated rings. The van der Waals surface area contributed by atoms with Crippen molar-refractivity contribution < 1.29 is 9.90 Å². The number of hydrogen-bond acceptors (Lipinski definition) is 5. The Balaban J connectivity index is 1.56. The van der Waals surface area contributed by atoms with Crippen molar-refractivity contribution >= 4 is 11.6 Å². The van der Waals surface area contributed by atoms with E-state index in [9.17, 15) is 9.90 Å². The van der Waals surface area contributed by atoms with Crippen molar-refractivity contribution in [1.82, 2.24) is 9.88 Å². The molecule has 3 N–H and O–H groups in total. The lowest BCUT2D eigenvalue weighted by Gasteiger charge is -2.37. The molecule has 0 aliphatic carbocycles. The fourth-order valence-corrected chi connectivity index (χ4v) is 3.39. The van der Waals surface area contributed by atoms with Gasteiger partial charge in [0, 0.05) is 43.3 Å². The number of aromatic nitrogens is 1. The third kappa shape index (κ3) is 4.32. The number of rotatable bonds is 4. The summed E-state index contributed by atoms with van der Waals surface area (Å²) in [6.07, 6.45) is 0.474. The average molecular weight is 354 g/mol. The monoisotopic (exact) mass is 354 g/mol. The quantitative estimate of drug-likeness (QED) is 0.872. The summed E-state index contributed by atoms with van der Waals surface area (Å²) < 4.78 is 0. The maximum Gasteiger partial charge on any atom is 0.239 e. The standard InChI is InChI=1S/C20H26N4O2/c1-14-11-17(12-15(2)22-14)23-7-9-24(10-8-23)20(26)19(21)13-16-3-5-18(25)6-4-16/h3-6,11-12,19,25H,7-10,13,21H2,1-2H3/t19-/m0/s1. The van der Waals surface area contributed by atoms with Gasteiger partial charge in [-0.25, -0.2) is 0 Å². The topological polar surface area (TPSA) is 82.7 Å². The smallest absolute Gasteiger partial charge is 0.239 e. The van der Waals surface area contributed by atoms with Gasteiger partial charge in [-0.1, -0.05) is 12.1 Å². The van der Waals surface area contributed by atoms with Crippen LogP contribution in [0.25, 0.3) is 0 Å². The number of nitrogens with two attached hydrogens (primary N) is 1. The van der Waals surface area contributed by atoms with Crippen molar-refractivity contribution in [3.05, 3.63) is 53.3 Å². The SMILES string of the molecule is Cc1cc(N2CCN(C(=O)[C@@H](N)Cc3ccc(O)cc3)CC2)cc(C)n1. The summed E-state index contributed by atoms with van der Waals surface area (Å²) in [7, 11) is 0. The molecule has 1 amide bonds. The zero-order valence-corrected chi connectivity index (χ0v) is 15.4. The number of aromatic hydroxyl groups is 1. The van der Waals surface area contributed by atoms with Crippen LogP contribution >= 0.6 is 0 Å². The lowest BCUT2D eigenvalue weighted by molar-refractivity contribution is -0.132. The Labute approximate surface area is 154 Å². The number of aryl methyl sites for hydroxylation is 2. The summed E-state index contributed by atoms with van der Waals surface area (Å²) in [5.74, 6) is 0.200. The maximum atomic E-state index is 12.6. The highest BCUT2D eigenvalue weighted by Crippen LogP contribution is 2.19. The molecule has 1 aliphatic rings. The first kappa shape index (κ1) is 18.2. The second-order valence-electron chi connectivity index (χ2n) is 6.90. The number of anilines is 1. The molecular weight excluding hydrogens is 328 g/mol. The van der Waals surface area contributed by atoms with Gasteiger partial charge in [0.15, 0.2) is 0 Å². The average Bonchev–Trinajstić information content (AvgIpc) is 2.62. The van der Waals surface area contributed by atoms with E-state index < -0.39 is 6.04 Å². The largest absolute Gasteiger partial charge is 0.508 e. The molecule has 0 saturated carbocycles. The van der Waals surface area contributed by atoms with E-state index in [1.165, 1.54) is 0 Å². The number of phenols is 1. The molecule has 3 rings (SSSR count). The molecule has 2 heterocycles. The van der Waals surface area contributed by atoms with Crippen LogP contribution in [0.5, 0.6) is 5.75 Å². The van der Waals surface area contributed by atoms with E-state index in [-0.39, 0.29) is 11.7 Å². The van der Waals surface area contributed by atoms with Gasteiger partial charge in [-0.05, 0) is 50.1 Å². The van der Waals surface area contributed by atoms with E-state index in [0.717, 1.165) is 35.7 Å². The molecule has 0 unspecified atom stereocenters. The van der Waals surface area contributed by atoms with Crippen LogP contribution in [0.1, 0.15) is 17.0 Å². The number of carbonyl (C=O) groups is 1. The molecule has 1 aromatic heterocycles. The van der Waals surface area contributed by atoms with E-state index >= 15 is 0 Å². The van der Waals surface area contributed by atoms with Gasteiger partial charge < -0.3 is 20.6 Å². The molecule has 1 atom stereocenters. The number of amides is 1. The third-order valence-electron chi connectivity index (χ3n) is 4.73. The second kappa shape index (κ2) is 7.74. The molecule has 138 valence electrons. The molecule has 6 heteroatoms. The van der Waals surface area contributed by atoms with Crippen molar-refractivity contribution in [3.8, 4) is 5.75 Å². The molecule has 0 spiro atoms. The van der Waals surface area contributed by atoms with Crippen molar-refractivity contribution in [1.29, 1.82) is 0 Å². The number of phenolic OH excluding ortho intramolecular Hbond substituents is 1. The van der Waals surface area contributed by atoms with Crippen molar-refractivity contribution in [2.24, 2.45) is 5.73 Å². The number of hydrogen-bond donors (Lipinski definition) is 2. The van der Waals surface area contributed by atoms with E-state index in [1.807, 2.05) is 18.7 Å². The minimum atomic E-state index is -0.559. The molecule has 1 saturated heterocycles. The molecule has 0 radical (unpaired) electrons. The Morgan fingerprint density at radius 2 is 1.69 bits per heavy atom. The number of benzene rings is 1. The Morgan fingerprint density at radius 1 is 1.12 bits per heavy atom. The van der Waals surface area contributed by atoms with E-state index in [2.05, 4.69) is 22.0 Å². The Morgan fingerprint density at radius 3 is 2.27 bits per heavy atom. The van der Waals surface area contributed by atoms with Crippen LogP contribution < -0.4 is 10.6 Å². The van der Waals surface area contributed by atoms with Crippen LogP contribution in [-0.4, -0.2) is 53.1 Å². The maximum absolute atomic E-state index is 12.6. The highest BCUT2D eigenvalue weighted by Gasteiger charge is 2.25. The lowest BCUT2D eigenvalue weighted by atomic mass is 10.0. The second-order valence-corrected chi connectivity index (χ2v) is 6.90. The zero-order chi connectivity index (χ0) is 18.7. The van der Waals surface area contributed by atoms with Gasteiger partial charge in [-0.3, -0.25) is 9.78 Å². The van der Waals surface area contributed by atoms with Crippen molar-refractivity contribution in [3.63, 3.8) is 0 Å². The van der Waals surface area contributed by atoms with Gasteiger partial charge >= 0.3 is 0 Å². The first-order valence-corrected chi connectivity index (χ1v) is 8.95. The van der Waals surface area contributed by atoms with Gasteiger partial charge in [-0.2, -0.15) is 0 Å².